The third-order valence-corrected chi connectivity index (χ3v) is 3.64. The second-order valence-electron chi connectivity index (χ2n) is 5.55. The summed E-state index contributed by atoms with van der Waals surface area (Å²) in [5.41, 5.74) is 1.76. The number of anilines is 1. The molecule has 1 aliphatic heterocycles. The topological polar surface area (TPSA) is 87.7 Å². The summed E-state index contributed by atoms with van der Waals surface area (Å²) in [4.78, 5) is 23.2. The predicted octanol–water partition coefficient (Wildman–Crippen LogP) is 1.55. The van der Waals surface area contributed by atoms with E-state index in [9.17, 15) is 14.7 Å². The summed E-state index contributed by atoms with van der Waals surface area (Å²) >= 11 is 0. The maximum absolute atomic E-state index is 12.0. The van der Waals surface area contributed by atoms with Gasteiger partial charge in [0.1, 0.15) is 6.04 Å². The minimum atomic E-state index is -1.03. The molecule has 2 rings (SSSR count). The highest BCUT2D eigenvalue weighted by Gasteiger charge is 2.23. The maximum atomic E-state index is 12.0. The maximum Gasteiger partial charge on any atom is 0.321 e. The number of benzene rings is 1. The van der Waals surface area contributed by atoms with Gasteiger partial charge in [-0.15, -0.1) is 0 Å². The molecule has 0 bridgehead atoms. The lowest BCUT2D eigenvalue weighted by Gasteiger charge is -2.17. The van der Waals surface area contributed by atoms with Crippen molar-refractivity contribution in [2.75, 3.05) is 18.5 Å². The molecule has 0 aromatic heterocycles. The van der Waals surface area contributed by atoms with Gasteiger partial charge in [-0.25, -0.2) is 0 Å². The number of aliphatic carboxylic acids is 1. The van der Waals surface area contributed by atoms with Gasteiger partial charge >= 0.3 is 5.97 Å². The quantitative estimate of drug-likeness (QED) is 0.711. The van der Waals surface area contributed by atoms with Gasteiger partial charge in [-0.05, 0) is 31.9 Å². The molecular weight excluding hydrogens is 284 g/mol. The van der Waals surface area contributed by atoms with Gasteiger partial charge in [0.2, 0.25) is 5.91 Å². The standard InChI is InChI=1S/C16H22N2O4/c1-11-4-6-12(7-5-11)18-15(19)9-14(16(20)21)17-10-13-3-2-8-22-13/h4-7,13-14,17H,2-3,8-10H2,1H3,(H,18,19)(H,20,21). The first-order valence-corrected chi connectivity index (χ1v) is 7.49. The molecule has 1 amide bonds. The van der Waals surface area contributed by atoms with Crippen LogP contribution in [0.25, 0.3) is 0 Å². The van der Waals surface area contributed by atoms with Crippen LogP contribution in [0.3, 0.4) is 0 Å². The SMILES string of the molecule is Cc1ccc(NC(=O)CC(NCC2CCCO2)C(=O)O)cc1. The number of carboxylic acids is 1. The molecule has 1 aromatic carbocycles. The summed E-state index contributed by atoms with van der Waals surface area (Å²) < 4.78 is 5.44. The number of hydrogen-bond acceptors (Lipinski definition) is 4. The second kappa shape index (κ2) is 7.91. The van der Waals surface area contributed by atoms with Crippen molar-refractivity contribution in [1.82, 2.24) is 5.32 Å². The fourth-order valence-electron chi connectivity index (χ4n) is 2.36. The smallest absolute Gasteiger partial charge is 0.321 e. The Morgan fingerprint density at radius 1 is 1.36 bits per heavy atom. The molecule has 3 N–H and O–H groups in total. The summed E-state index contributed by atoms with van der Waals surface area (Å²) in [6, 6.07) is 6.46. The number of nitrogens with one attached hydrogen (secondary N) is 2. The average Bonchev–Trinajstić information content (AvgIpc) is 2.99. The van der Waals surface area contributed by atoms with Crippen molar-refractivity contribution >= 4 is 17.6 Å². The highest BCUT2D eigenvalue weighted by molar-refractivity contribution is 5.94. The Morgan fingerprint density at radius 3 is 2.68 bits per heavy atom. The minimum absolute atomic E-state index is 0.0435. The van der Waals surface area contributed by atoms with Gasteiger partial charge < -0.3 is 20.5 Å². The first-order valence-electron chi connectivity index (χ1n) is 7.49. The lowest BCUT2D eigenvalue weighted by Crippen LogP contribution is -2.43. The van der Waals surface area contributed by atoms with Crippen molar-refractivity contribution in [3.8, 4) is 0 Å². The van der Waals surface area contributed by atoms with E-state index in [2.05, 4.69) is 10.6 Å². The first-order chi connectivity index (χ1) is 10.5. The third-order valence-electron chi connectivity index (χ3n) is 3.64. The van der Waals surface area contributed by atoms with Crippen molar-refractivity contribution in [2.24, 2.45) is 0 Å². The van der Waals surface area contributed by atoms with Crippen LogP contribution in [0.5, 0.6) is 0 Å². The summed E-state index contributed by atoms with van der Waals surface area (Å²) in [6.07, 6.45) is 1.85. The van der Waals surface area contributed by atoms with Crippen molar-refractivity contribution in [1.29, 1.82) is 0 Å². The lowest BCUT2D eigenvalue weighted by molar-refractivity contribution is -0.141. The molecule has 0 saturated carbocycles. The molecule has 1 heterocycles. The molecule has 1 fully saturated rings. The van der Waals surface area contributed by atoms with E-state index in [0.717, 1.165) is 25.0 Å². The highest BCUT2D eigenvalue weighted by atomic mass is 16.5. The molecule has 0 radical (unpaired) electrons. The molecule has 1 saturated heterocycles. The fourth-order valence-corrected chi connectivity index (χ4v) is 2.36. The van der Waals surface area contributed by atoms with E-state index in [0.29, 0.717) is 12.2 Å². The van der Waals surface area contributed by atoms with E-state index in [4.69, 9.17) is 4.74 Å². The molecule has 2 atom stereocenters. The predicted molar refractivity (Wildman–Crippen MR) is 82.8 cm³/mol. The molecule has 120 valence electrons. The number of aryl methyl sites for hydroxylation is 1. The zero-order valence-corrected chi connectivity index (χ0v) is 12.7. The van der Waals surface area contributed by atoms with Gasteiger partial charge in [0.05, 0.1) is 12.5 Å². The number of ether oxygens (including phenoxy) is 1. The molecule has 6 heteroatoms. The Hall–Kier alpha value is -1.92. The van der Waals surface area contributed by atoms with Crippen molar-refractivity contribution in [3.05, 3.63) is 29.8 Å². The fraction of sp³-hybridized carbons (Fsp3) is 0.500. The zero-order chi connectivity index (χ0) is 15.9. The number of hydrogen-bond donors (Lipinski definition) is 3. The summed E-state index contributed by atoms with van der Waals surface area (Å²) in [5, 5.41) is 14.8. The lowest BCUT2D eigenvalue weighted by atomic mass is 10.1. The molecule has 6 nitrogen and oxygen atoms in total. The van der Waals surface area contributed by atoms with E-state index in [-0.39, 0.29) is 18.4 Å². The third kappa shape index (κ3) is 5.13. The number of carbonyl (C=O) groups is 2. The Bertz CT molecular complexity index is 509. The van der Waals surface area contributed by atoms with Crippen LogP contribution in [0.1, 0.15) is 24.8 Å². The van der Waals surface area contributed by atoms with Crippen molar-refractivity contribution in [2.45, 2.75) is 38.3 Å². The van der Waals surface area contributed by atoms with Crippen LogP contribution in [0.2, 0.25) is 0 Å². The van der Waals surface area contributed by atoms with E-state index < -0.39 is 12.0 Å². The number of carbonyl (C=O) groups excluding carboxylic acids is 1. The van der Waals surface area contributed by atoms with Crippen LogP contribution in [0.15, 0.2) is 24.3 Å². The number of carboxylic acid groups (broad SMARTS) is 1. The Balaban J connectivity index is 1.82. The van der Waals surface area contributed by atoms with Crippen LogP contribution in [-0.4, -0.2) is 42.3 Å². The molecule has 1 aliphatic rings. The van der Waals surface area contributed by atoms with Crippen molar-refractivity contribution in [3.63, 3.8) is 0 Å². The molecule has 0 spiro atoms. The molecular formula is C16H22N2O4. The normalized spacial score (nSPS) is 18.9. The number of amides is 1. The monoisotopic (exact) mass is 306 g/mol. The van der Waals surface area contributed by atoms with E-state index >= 15 is 0 Å². The number of rotatable bonds is 7. The molecule has 22 heavy (non-hydrogen) atoms. The van der Waals surface area contributed by atoms with Gasteiger partial charge in [-0.3, -0.25) is 9.59 Å². The zero-order valence-electron chi connectivity index (χ0n) is 12.7. The van der Waals surface area contributed by atoms with Gasteiger partial charge in [-0.1, -0.05) is 17.7 Å². The Kier molecular flexibility index (Phi) is 5.91. The molecule has 0 aliphatic carbocycles. The van der Waals surface area contributed by atoms with E-state index in [1.54, 1.807) is 12.1 Å². The summed E-state index contributed by atoms with van der Waals surface area (Å²) in [5.74, 6) is -1.35. The molecule has 1 aromatic rings. The largest absolute Gasteiger partial charge is 0.480 e. The van der Waals surface area contributed by atoms with Crippen LogP contribution in [0.4, 0.5) is 5.69 Å². The van der Waals surface area contributed by atoms with E-state index in [1.165, 1.54) is 0 Å². The van der Waals surface area contributed by atoms with Crippen LogP contribution < -0.4 is 10.6 Å². The minimum Gasteiger partial charge on any atom is -0.480 e. The Labute approximate surface area is 129 Å². The average molecular weight is 306 g/mol. The van der Waals surface area contributed by atoms with Crippen LogP contribution in [0, 0.1) is 6.92 Å². The van der Waals surface area contributed by atoms with Gasteiger partial charge in [0, 0.05) is 18.8 Å². The van der Waals surface area contributed by atoms with Gasteiger partial charge in [-0.2, -0.15) is 0 Å². The van der Waals surface area contributed by atoms with Gasteiger partial charge in [0.25, 0.3) is 0 Å². The summed E-state index contributed by atoms with van der Waals surface area (Å²) in [7, 11) is 0. The first kappa shape index (κ1) is 16.5. The van der Waals surface area contributed by atoms with E-state index in [1.807, 2.05) is 19.1 Å². The van der Waals surface area contributed by atoms with Crippen molar-refractivity contribution < 1.29 is 19.4 Å². The highest BCUT2D eigenvalue weighted by Crippen LogP contribution is 2.12. The molecule has 2 unspecified atom stereocenters. The second-order valence-corrected chi connectivity index (χ2v) is 5.55. The van der Waals surface area contributed by atoms with Gasteiger partial charge in [0.15, 0.2) is 0 Å². The summed E-state index contributed by atoms with van der Waals surface area (Å²) in [6.45, 7) is 3.13. The van der Waals surface area contributed by atoms with Crippen LogP contribution in [-0.2, 0) is 14.3 Å². The Morgan fingerprint density at radius 2 is 2.09 bits per heavy atom. The van der Waals surface area contributed by atoms with Crippen LogP contribution >= 0.6 is 0 Å².